The molecule has 0 spiro atoms. The molecule has 16 heavy (non-hydrogen) atoms. The summed E-state index contributed by atoms with van der Waals surface area (Å²) < 4.78 is 18.2. The summed E-state index contributed by atoms with van der Waals surface area (Å²) in [5.74, 6) is -0.847. The van der Waals surface area contributed by atoms with E-state index in [1.165, 1.54) is 19.2 Å². The Morgan fingerprint density at radius 1 is 1.62 bits per heavy atom. The van der Waals surface area contributed by atoms with E-state index in [1.54, 1.807) is 6.92 Å². The zero-order chi connectivity index (χ0) is 12.1. The molecule has 0 aromatic heterocycles. The minimum Gasteiger partial charge on any atom is -0.380 e. The third kappa shape index (κ3) is 2.90. The van der Waals surface area contributed by atoms with E-state index in [2.05, 4.69) is 5.32 Å². The molecule has 1 unspecified atom stereocenters. The molecule has 1 aromatic carbocycles. The first-order valence-corrected chi connectivity index (χ1v) is 4.75. The van der Waals surface area contributed by atoms with Crippen molar-refractivity contribution in [3.8, 4) is 0 Å². The predicted octanol–water partition coefficient (Wildman–Crippen LogP) is 2.18. The second-order valence-electron chi connectivity index (χ2n) is 3.32. The summed E-state index contributed by atoms with van der Waals surface area (Å²) in [5.41, 5.74) is -0.375. The standard InChI is InChI=1S/C10H13FN2O3/c1-7(16-2)6-12-9-5-3-4-8(11)10(9)13(14)15/h3-5,7,12H,6H2,1-2H3. The molecular formula is C10H13FN2O3. The van der Waals surface area contributed by atoms with Crippen molar-refractivity contribution >= 4 is 11.4 Å². The van der Waals surface area contributed by atoms with Gasteiger partial charge in [-0.1, -0.05) is 6.07 Å². The van der Waals surface area contributed by atoms with Crippen molar-refractivity contribution in [1.82, 2.24) is 0 Å². The van der Waals surface area contributed by atoms with Gasteiger partial charge in [-0.05, 0) is 19.1 Å². The number of anilines is 1. The number of nitrogens with zero attached hydrogens (tertiary/aromatic N) is 1. The molecule has 0 bridgehead atoms. The van der Waals surface area contributed by atoms with Crippen LogP contribution in [0.1, 0.15) is 6.92 Å². The lowest BCUT2D eigenvalue weighted by Gasteiger charge is -2.11. The Kier molecular flexibility index (Phi) is 4.19. The van der Waals surface area contributed by atoms with Crippen LogP contribution in [0.25, 0.3) is 0 Å². The molecule has 1 N–H and O–H groups in total. The van der Waals surface area contributed by atoms with E-state index < -0.39 is 16.4 Å². The molecule has 1 atom stereocenters. The first-order chi connectivity index (χ1) is 7.56. The number of hydrogen-bond acceptors (Lipinski definition) is 4. The average molecular weight is 228 g/mol. The molecule has 5 nitrogen and oxygen atoms in total. The van der Waals surface area contributed by atoms with Gasteiger partial charge < -0.3 is 10.1 Å². The van der Waals surface area contributed by atoms with Gasteiger partial charge in [-0.3, -0.25) is 10.1 Å². The van der Waals surface area contributed by atoms with Gasteiger partial charge in [-0.25, -0.2) is 0 Å². The molecule has 1 rings (SSSR count). The highest BCUT2D eigenvalue weighted by molar-refractivity contribution is 5.61. The number of nitro benzene ring substituents is 1. The second kappa shape index (κ2) is 5.41. The molecular weight excluding hydrogens is 215 g/mol. The summed E-state index contributed by atoms with van der Waals surface area (Å²) in [6, 6.07) is 3.94. The van der Waals surface area contributed by atoms with Crippen LogP contribution in [-0.2, 0) is 4.74 Å². The zero-order valence-corrected chi connectivity index (χ0v) is 9.07. The first-order valence-electron chi connectivity index (χ1n) is 4.75. The number of methoxy groups -OCH3 is 1. The van der Waals surface area contributed by atoms with Crippen molar-refractivity contribution in [3.63, 3.8) is 0 Å². The SMILES string of the molecule is COC(C)CNc1cccc(F)c1[N+](=O)[O-]. The topological polar surface area (TPSA) is 64.4 Å². The molecule has 6 heteroatoms. The van der Waals surface area contributed by atoms with E-state index in [4.69, 9.17) is 4.74 Å². The third-order valence-electron chi connectivity index (χ3n) is 2.15. The molecule has 0 fully saturated rings. The van der Waals surface area contributed by atoms with Crippen LogP contribution in [0.2, 0.25) is 0 Å². The maximum atomic E-state index is 13.2. The summed E-state index contributed by atoms with van der Waals surface area (Å²) in [4.78, 5) is 9.91. The summed E-state index contributed by atoms with van der Waals surface area (Å²) in [5, 5.41) is 13.4. The van der Waals surface area contributed by atoms with Gasteiger partial charge in [0.1, 0.15) is 5.69 Å². The summed E-state index contributed by atoms with van der Waals surface area (Å²) in [6.07, 6.45) is -0.108. The largest absolute Gasteiger partial charge is 0.380 e. The molecule has 0 aliphatic rings. The van der Waals surface area contributed by atoms with Crippen molar-refractivity contribution in [2.75, 3.05) is 19.0 Å². The Balaban J connectivity index is 2.87. The number of nitrogens with one attached hydrogen (secondary N) is 1. The van der Waals surface area contributed by atoms with Crippen molar-refractivity contribution in [3.05, 3.63) is 34.1 Å². The number of para-hydroxylation sites is 1. The molecule has 0 saturated heterocycles. The Labute approximate surface area is 92.4 Å². The van der Waals surface area contributed by atoms with Crippen LogP contribution in [0, 0.1) is 15.9 Å². The molecule has 88 valence electrons. The van der Waals surface area contributed by atoms with Crippen molar-refractivity contribution < 1.29 is 14.1 Å². The lowest BCUT2D eigenvalue weighted by molar-refractivity contribution is -0.386. The number of halogens is 1. The lowest BCUT2D eigenvalue weighted by atomic mass is 10.2. The van der Waals surface area contributed by atoms with E-state index in [-0.39, 0.29) is 11.8 Å². The maximum Gasteiger partial charge on any atom is 0.327 e. The Morgan fingerprint density at radius 2 is 2.31 bits per heavy atom. The van der Waals surface area contributed by atoms with Crippen LogP contribution >= 0.6 is 0 Å². The van der Waals surface area contributed by atoms with E-state index in [1.807, 2.05) is 0 Å². The molecule has 1 aromatic rings. The molecule has 0 amide bonds. The van der Waals surface area contributed by atoms with E-state index in [0.29, 0.717) is 6.54 Å². The van der Waals surface area contributed by atoms with E-state index >= 15 is 0 Å². The van der Waals surface area contributed by atoms with Gasteiger partial charge in [0.25, 0.3) is 0 Å². The molecule has 0 saturated carbocycles. The van der Waals surface area contributed by atoms with Gasteiger partial charge in [-0.15, -0.1) is 0 Å². The average Bonchev–Trinajstić information content (AvgIpc) is 2.25. The fourth-order valence-electron chi connectivity index (χ4n) is 1.18. The quantitative estimate of drug-likeness (QED) is 0.619. The highest BCUT2D eigenvalue weighted by atomic mass is 19.1. The number of benzene rings is 1. The summed E-state index contributed by atoms with van der Waals surface area (Å²) in [6.45, 7) is 2.18. The second-order valence-corrected chi connectivity index (χ2v) is 3.32. The number of hydrogen-bond donors (Lipinski definition) is 1. The van der Waals surface area contributed by atoms with Crippen LogP contribution in [0.3, 0.4) is 0 Å². The summed E-state index contributed by atoms with van der Waals surface area (Å²) >= 11 is 0. The van der Waals surface area contributed by atoms with Crippen LogP contribution in [0.4, 0.5) is 15.8 Å². The molecule has 0 heterocycles. The summed E-state index contributed by atoms with van der Waals surface area (Å²) in [7, 11) is 1.53. The van der Waals surface area contributed by atoms with Crippen LogP contribution < -0.4 is 5.32 Å². The normalized spacial score (nSPS) is 12.2. The molecule has 0 aliphatic carbocycles. The monoisotopic (exact) mass is 228 g/mol. The van der Waals surface area contributed by atoms with Gasteiger partial charge >= 0.3 is 5.69 Å². The van der Waals surface area contributed by atoms with Crippen molar-refractivity contribution in [1.29, 1.82) is 0 Å². The Morgan fingerprint density at radius 3 is 2.88 bits per heavy atom. The van der Waals surface area contributed by atoms with Gasteiger partial charge in [0.15, 0.2) is 0 Å². The van der Waals surface area contributed by atoms with E-state index in [9.17, 15) is 14.5 Å². The van der Waals surface area contributed by atoms with Crippen LogP contribution in [-0.4, -0.2) is 24.7 Å². The Bertz CT molecular complexity index is 384. The highest BCUT2D eigenvalue weighted by Gasteiger charge is 2.19. The van der Waals surface area contributed by atoms with Crippen LogP contribution in [0.5, 0.6) is 0 Å². The molecule has 0 aliphatic heterocycles. The highest BCUT2D eigenvalue weighted by Crippen LogP contribution is 2.26. The van der Waals surface area contributed by atoms with Gasteiger partial charge in [0.05, 0.1) is 11.0 Å². The van der Waals surface area contributed by atoms with Gasteiger partial charge in [-0.2, -0.15) is 4.39 Å². The number of ether oxygens (including phenoxy) is 1. The predicted molar refractivity (Wildman–Crippen MR) is 58.0 cm³/mol. The first kappa shape index (κ1) is 12.4. The van der Waals surface area contributed by atoms with Gasteiger partial charge in [0, 0.05) is 13.7 Å². The lowest BCUT2D eigenvalue weighted by Crippen LogP contribution is -2.18. The molecule has 0 radical (unpaired) electrons. The van der Waals surface area contributed by atoms with E-state index in [0.717, 1.165) is 6.07 Å². The maximum absolute atomic E-state index is 13.2. The Hall–Kier alpha value is -1.69. The van der Waals surface area contributed by atoms with Crippen LogP contribution in [0.15, 0.2) is 18.2 Å². The van der Waals surface area contributed by atoms with Gasteiger partial charge in [0.2, 0.25) is 5.82 Å². The fraction of sp³-hybridized carbons (Fsp3) is 0.400. The minimum absolute atomic E-state index is 0.108. The fourth-order valence-corrected chi connectivity index (χ4v) is 1.18. The third-order valence-corrected chi connectivity index (χ3v) is 2.15. The smallest absolute Gasteiger partial charge is 0.327 e. The minimum atomic E-state index is -0.847. The number of rotatable bonds is 5. The number of nitro groups is 1. The zero-order valence-electron chi connectivity index (χ0n) is 9.07. The van der Waals surface area contributed by atoms with Crippen molar-refractivity contribution in [2.24, 2.45) is 0 Å². The van der Waals surface area contributed by atoms with Crippen molar-refractivity contribution in [2.45, 2.75) is 13.0 Å².